The summed E-state index contributed by atoms with van der Waals surface area (Å²) >= 11 is 0. The van der Waals surface area contributed by atoms with Crippen LogP contribution in [0.15, 0.2) is 11.8 Å². The van der Waals surface area contributed by atoms with Gasteiger partial charge >= 0.3 is 5.97 Å². The molecule has 0 aliphatic carbocycles. The molecule has 0 aromatic rings. The van der Waals surface area contributed by atoms with Gasteiger partial charge in [-0.1, -0.05) is 26.2 Å². The van der Waals surface area contributed by atoms with Crippen LogP contribution in [0.5, 0.6) is 0 Å². The van der Waals surface area contributed by atoms with Gasteiger partial charge in [0.1, 0.15) is 12.4 Å². The Bertz CT molecular complexity index is 233. The second kappa shape index (κ2) is 6.49. The summed E-state index contributed by atoms with van der Waals surface area (Å²) in [6.45, 7) is 4.54. The molecule has 1 atom stereocenters. The minimum atomic E-state index is -0.289. The molecule has 0 saturated heterocycles. The molecular weight excluding hydrogens is 192 g/mol. The molecule has 0 aromatic carbocycles. The Labute approximate surface area is 91.4 Å². The predicted molar refractivity (Wildman–Crippen MR) is 58.3 cm³/mol. The monoisotopic (exact) mass is 212 g/mol. The van der Waals surface area contributed by atoms with E-state index < -0.39 is 0 Å². The zero-order chi connectivity index (χ0) is 11.1. The SMILES string of the molecule is CCCCCCC(C)OC1=CC(=O)OC1. The van der Waals surface area contributed by atoms with Crippen LogP contribution in [0.25, 0.3) is 0 Å². The van der Waals surface area contributed by atoms with E-state index in [0.717, 1.165) is 6.42 Å². The van der Waals surface area contributed by atoms with Crippen LogP contribution in [0.4, 0.5) is 0 Å². The highest BCUT2D eigenvalue weighted by atomic mass is 16.6. The van der Waals surface area contributed by atoms with Crippen molar-refractivity contribution < 1.29 is 14.3 Å². The van der Waals surface area contributed by atoms with Crippen LogP contribution in [0.3, 0.4) is 0 Å². The molecule has 1 unspecified atom stereocenters. The van der Waals surface area contributed by atoms with Crippen molar-refractivity contribution in [2.75, 3.05) is 6.61 Å². The first-order valence-corrected chi connectivity index (χ1v) is 5.76. The lowest BCUT2D eigenvalue weighted by Gasteiger charge is -2.14. The van der Waals surface area contributed by atoms with E-state index in [4.69, 9.17) is 9.47 Å². The lowest BCUT2D eigenvalue weighted by molar-refractivity contribution is -0.135. The summed E-state index contributed by atoms with van der Waals surface area (Å²) in [4.78, 5) is 10.8. The molecule has 0 spiro atoms. The zero-order valence-corrected chi connectivity index (χ0v) is 9.62. The largest absolute Gasteiger partial charge is 0.491 e. The number of carbonyl (C=O) groups is 1. The molecule has 0 fully saturated rings. The third kappa shape index (κ3) is 4.86. The Balaban J connectivity index is 2.10. The number of hydrogen-bond donors (Lipinski definition) is 0. The normalized spacial score (nSPS) is 17.2. The van der Waals surface area contributed by atoms with E-state index in [1.807, 2.05) is 6.92 Å². The topological polar surface area (TPSA) is 35.5 Å². The van der Waals surface area contributed by atoms with E-state index in [2.05, 4.69) is 6.92 Å². The molecule has 86 valence electrons. The minimum Gasteiger partial charge on any atom is -0.491 e. The van der Waals surface area contributed by atoms with Gasteiger partial charge in [-0.25, -0.2) is 4.79 Å². The molecule has 0 radical (unpaired) electrons. The highest BCUT2D eigenvalue weighted by molar-refractivity contribution is 5.84. The van der Waals surface area contributed by atoms with Crippen molar-refractivity contribution in [2.45, 2.75) is 52.1 Å². The summed E-state index contributed by atoms with van der Waals surface area (Å²) in [5.74, 6) is 0.381. The zero-order valence-electron chi connectivity index (χ0n) is 9.62. The first kappa shape index (κ1) is 12.1. The van der Waals surface area contributed by atoms with Crippen molar-refractivity contribution in [3.8, 4) is 0 Å². The van der Waals surface area contributed by atoms with Gasteiger partial charge in [-0.15, -0.1) is 0 Å². The molecule has 1 rings (SSSR count). The number of rotatable bonds is 7. The van der Waals surface area contributed by atoms with Crippen molar-refractivity contribution in [1.29, 1.82) is 0 Å². The quantitative estimate of drug-likeness (QED) is 0.481. The molecule has 3 nitrogen and oxygen atoms in total. The van der Waals surface area contributed by atoms with Gasteiger partial charge < -0.3 is 9.47 Å². The minimum absolute atomic E-state index is 0.183. The third-order valence-electron chi connectivity index (χ3n) is 2.45. The molecule has 1 heterocycles. The number of hydrogen-bond acceptors (Lipinski definition) is 3. The van der Waals surface area contributed by atoms with E-state index in [-0.39, 0.29) is 12.1 Å². The third-order valence-corrected chi connectivity index (χ3v) is 2.45. The van der Waals surface area contributed by atoms with Gasteiger partial charge in [0.2, 0.25) is 0 Å². The first-order valence-electron chi connectivity index (χ1n) is 5.76. The van der Waals surface area contributed by atoms with Crippen LogP contribution in [0, 0.1) is 0 Å². The predicted octanol–water partition coefficient (Wildman–Crippen LogP) is 2.80. The Morgan fingerprint density at radius 2 is 2.27 bits per heavy atom. The van der Waals surface area contributed by atoms with Crippen LogP contribution in [0.1, 0.15) is 46.0 Å². The van der Waals surface area contributed by atoms with E-state index in [9.17, 15) is 4.79 Å². The van der Waals surface area contributed by atoms with Crippen LogP contribution >= 0.6 is 0 Å². The number of cyclic esters (lactones) is 1. The number of ether oxygens (including phenoxy) is 2. The van der Waals surface area contributed by atoms with Crippen molar-refractivity contribution in [3.63, 3.8) is 0 Å². The molecule has 1 aliphatic heterocycles. The standard InChI is InChI=1S/C12H20O3/c1-3-4-5-6-7-10(2)15-11-8-12(13)14-9-11/h8,10H,3-7,9H2,1-2H3. The Morgan fingerprint density at radius 1 is 1.47 bits per heavy atom. The van der Waals surface area contributed by atoms with Gasteiger partial charge in [0.05, 0.1) is 12.2 Å². The van der Waals surface area contributed by atoms with E-state index >= 15 is 0 Å². The maximum Gasteiger partial charge on any atom is 0.334 e. The average molecular weight is 212 g/mol. The van der Waals surface area contributed by atoms with E-state index in [1.165, 1.54) is 31.8 Å². The summed E-state index contributed by atoms with van der Waals surface area (Å²) in [6, 6.07) is 0. The fraction of sp³-hybridized carbons (Fsp3) is 0.750. The molecular formula is C12H20O3. The van der Waals surface area contributed by atoms with Gasteiger partial charge in [-0.05, 0) is 19.8 Å². The lowest BCUT2D eigenvalue weighted by atomic mass is 10.1. The Kier molecular flexibility index (Phi) is 5.22. The maximum atomic E-state index is 10.8. The van der Waals surface area contributed by atoms with Gasteiger partial charge in [-0.2, -0.15) is 0 Å². The maximum absolute atomic E-state index is 10.8. The summed E-state index contributed by atoms with van der Waals surface area (Å²) < 4.78 is 10.3. The molecule has 0 saturated carbocycles. The average Bonchev–Trinajstić information content (AvgIpc) is 2.59. The number of carbonyl (C=O) groups excluding carboxylic acids is 1. The van der Waals surface area contributed by atoms with Crippen molar-refractivity contribution in [2.24, 2.45) is 0 Å². The molecule has 0 aromatic heterocycles. The van der Waals surface area contributed by atoms with Crippen LogP contribution in [-0.4, -0.2) is 18.7 Å². The summed E-state index contributed by atoms with van der Waals surface area (Å²) in [6.07, 6.45) is 7.66. The Morgan fingerprint density at radius 3 is 2.87 bits per heavy atom. The molecule has 0 bridgehead atoms. The van der Waals surface area contributed by atoms with Crippen LogP contribution < -0.4 is 0 Å². The summed E-state index contributed by atoms with van der Waals surface area (Å²) in [7, 11) is 0. The summed E-state index contributed by atoms with van der Waals surface area (Å²) in [5.41, 5.74) is 0. The van der Waals surface area contributed by atoms with Crippen molar-refractivity contribution in [1.82, 2.24) is 0 Å². The van der Waals surface area contributed by atoms with Gasteiger partial charge in [0.25, 0.3) is 0 Å². The van der Waals surface area contributed by atoms with Crippen molar-refractivity contribution >= 4 is 5.97 Å². The number of esters is 1. The summed E-state index contributed by atoms with van der Waals surface area (Å²) in [5, 5.41) is 0. The van der Waals surface area contributed by atoms with E-state index in [1.54, 1.807) is 0 Å². The number of unbranched alkanes of at least 4 members (excludes halogenated alkanes) is 3. The fourth-order valence-electron chi connectivity index (χ4n) is 1.60. The van der Waals surface area contributed by atoms with Gasteiger partial charge in [-0.3, -0.25) is 0 Å². The second-order valence-corrected chi connectivity index (χ2v) is 4.00. The lowest BCUT2D eigenvalue weighted by Crippen LogP contribution is -2.08. The van der Waals surface area contributed by atoms with Gasteiger partial charge in [0.15, 0.2) is 0 Å². The first-order chi connectivity index (χ1) is 7.22. The highest BCUT2D eigenvalue weighted by Crippen LogP contribution is 2.14. The van der Waals surface area contributed by atoms with E-state index in [0.29, 0.717) is 12.4 Å². The van der Waals surface area contributed by atoms with Crippen LogP contribution in [-0.2, 0) is 14.3 Å². The molecule has 0 N–H and O–H groups in total. The highest BCUT2D eigenvalue weighted by Gasteiger charge is 2.16. The van der Waals surface area contributed by atoms with Crippen molar-refractivity contribution in [3.05, 3.63) is 11.8 Å². The molecule has 15 heavy (non-hydrogen) atoms. The molecule has 3 heteroatoms. The second-order valence-electron chi connectivity index (χ2n) is 4.00. The van der Waals surface area contributed by atoms with Crippen LogP contribution in [0.2, 0.25) is 0 Å². The Hall–Kier alpha value is -0.990. The fourth-order valence-corrected chi connectivity index (χ4v) is 1.60. The molecule has 0 amide bonds. The smallest absolute Gasteiger partial charge is 0.334 e. The molecule has 1 aliphatic rings. The van der Waals surface area contributed by atoms with Gasteiger partial charge in [0, 0.05) is 0 Å².